The summed E-state index contributed by atoms with van der Waals surface area (Å²) >= 11 is 0. The standard InChI is InChI=1S/C29H47N3O/c1-20(2)31(21(3)4)18-17-29(28(30)33,19-24(9)32(22(5)6)23(7)8)27-16-12-14-25-13-10-11-15-26(25)27/h10-16,20-24H,17-19H2,1-9H3,(H2,30,33). The second-order valence-electron chi connectivity index (χ2n) is 10.8. The summed E-state index contributed by atoms with van der Waals surface area (Å²) in [6, 6.07) is 16.5. The van der Waals surface area contributed by atoms with Crippen LogP contribution in [0.4, 0.5) is 0 Å². The maximum absolute atomic E-state index is 13.5. The van der Waals surface area contributed by atoms with Crippen LogP contribution in [0.1, 0.15) is 80.7 Å². The first-order valence-electron chi connectivity index (χ1n) is 12.7. The molecule has 2 N–H and O–H groups in total. The number of hydrogen-bond donors (Lipinski definition) is 1. The summed E-state index contributed by atoms with van der Waals surface area (Å²) in [5, 5.41) is 2.29. The molecule has 0 aliphatic carbocycles. The molecule has 0 heterocycles. The quantitative estimate of drug-likeness (QED) is 0.431. The van der Waals surface area contributed by atoms with Crippen molar-refractivity contribution in [2.75, 3.05) is 6.54 Å². The zero-order chi connectivity index (χ0) is 24.9. The van der Waals surface area contributed by atoms with Gasteiger partial charge in [0.1, 0.15) is 0 Å². The minimum absolute atomic E-state index is 0.211. The topological polar surface area (TPSA) is 49.6 Å². The number of rotatable bonds is 12. The van der Waals surface area contributed by atoms with Crippen molar-refractivity contribution in [3.8, 4) is 0 Å². The predicted molar refractivity (Wildman–Crippen MR) is 143 cm³/mol. The van der Waals surface area contributed by atoms with E-state index in [9.17, 15) is 4.79 Å². The van der Waals surface area contributed by atoms with E-state index in [2.05, 4.69) is 115 Å². The van der Waals surface area contributed by atoms with E-state index in [0.717, 1.165) is 22.9 Å². The van der Waals surface area contributed by atoms with Gasteiger partial charge in [-0.3, -0.25) is 14.6 Å². The lowest BCUT2D eigenvalue weighted by Gasteiger charge is -2.43. The van der Waals surface area contributed by atoms with Crippen LogP contribution in [0.5, 0.6) is 0 Å². The summed E-state index contributed by atoms with van der Waals surface area (Å²) < 4.78 is 0. The Bertz CT molecular complexity index is 883. The number of amides is 1. The maximum atomic E-state index is 13.5. The molecule has 2 aromatic rings. The highest BCUT2D eigenvalue weighted by atomic mass is 16.1. The van der Waals surface area contributed by atoms with Gasteiger partial charge in [0.15, 0.2) is 0 Å². The molecule has 0 aromatic heterocycles. The first kappa shape index (κ1) is 27.3. The SMILES string of the molecule is CC(C)N(CCC(CC(C)N(C(C)C)C(C)C)(C(N)=O)c1cccc2ccccc12)C(C)C. The lowest BCUT2D eigenvalue weighted by molar-refractivity contribution is -0.125. The molecule has 1 amide bonds. The fraction of sp³-hybridized carbons (Fsp3) is 0.621. The van der Waals surface area contributed by atoms with Gasteiger partial charge in [0.05, 0.1) is 5.41 Å². The van der Waals surface area contributed by atoms with Gasteiger partial charge in [-0.2, -0.15) is 0 Å². The molecule has 0 aliphatic heterocycles. The molecule has 2 aromatic carbocycles. The summed E-state index contributed by atoms with van der Waals surface area (Å²) in [5.74, 6) is -0.217. The smallest absolute Gasteiger partial charge is 0.228 e. The third kappa shape index (κ3) is 6.16. The van der Waals surface area contributed by atoms with Crippen LogP contribution in [0.25, 0.3) is 10.8 Å². The number of primary amides is 1. The van der Waals surface area contributed by atoms with Crippen LogP contribution in [0, 0.1) is 0 Å². The van der Waals surface area contributed by atoms with Crippen molar-refractivity contribution in [3.63, 3.8) is 0 Å². The van der Waals surface area contributed by atoms with Gasteiger partial charge in [-0.05, 0) is 91.5 Å². The number of carbonyl (C=O) groups is 1. The van der Waals surface area contributed by atoms with E-state index in [1.54, 1.807) is 0 Å². The van der Waals surface area contributed by atoms with E-state index in [4.69, 9.17) is 5.73 Å². The molecule has 2 atom stereocenters. The minimum atomic E-state index is -0.746. The van der Waals surface area contributed by atoms with Crippen LogP contribution in [0.15, 0.2) is 42.5 Å². The lowest BCUT2D eigenvalue weighted by atomic mass is 9.70. The van der Waals surface area contributed by atoms with Crippen molar-refractivity contribution in [1.82, 2.24) is 9.80 Å². The van der Waals surface area contributed by atoms with Gasteiger partial charge >= 0.3 is 0 Å². The molecule has 184 valence electrons. The summed E-state index contributed by atoms with van der Waals surface area (Å²) in [5.41, 5.74) is 6.68. The van der Waals surface area contributed by atoms with Crippen molar-refractivity contribution in [2.24, 2.45) is 5.73 Å². The second kappa shape index (κ2) is 11.5. The van der Waals surface area contributed by atoms with Crippen LogP contribution < -0.4 is 5.73 Å². The Morgan fingerprint density at radius 1 is 0.818 bits per heavy atom. The van der Waals surface area contributed by atoms with E-state index in [1.807, 2.05) is 0 Å². The molecule has 4 nitrogen and oxygen atoms in total. The molecule has 2 unspecified atom stereocenters. The fourth-order valence-electron chi connectivity index (χ4n) is 6.00. The predicted octanol–water partition coefficient (Wildman–Crippen LogP) is 5.97. The van der Waals surface area contributed by atoms with Gasteiger partial charge in [0.2, 0.25) is 5.91 Å². The van der Waals surface area contributed by atoms with Crippen molar-refractivity contribution in [1.29, 1.82) is 0 Å². The van der Waals surface area contributed by atoms with Crippen LogP contribution >= 0.6 is 0 Å². The number of benzene rings is 2. The highest BCUT2D eigenvalue weighted by Crippen LogP contribution is 2.39. The fourth-order valence-corrected chi connectivity index (χ4v) is 6.00. The van der Waals surface area contributed by atoms with Crippen molar-refractivity contribution < 1.29 is 4.79 Å². The lowest BCUT2D eigenvalue weighted by Crippen LogP contribution is -2.52. The normalized spacial score (nSPS) is 15.4. The van der Waals surface area contributed by atoms with Gasteiger partial charge in [-0.25, -0.2) is 0 Å². The van der Waals surface area contributed by atoms with Crippen molar-refractivity contribution in [2.45, 2.75) is 111 Å². The molecular weight excluding hydrogens is 406 g/mol. The highest BCUT2D eigenvalue weighted by Gasteiger charge is 2.42. The Hall–Kier alpha value is -1.91. The molecule has 0 saturated carbocycles. The molecule has 0 radical (unpaired) electrons. The Kier molecular flexibility index (Phi) is 9.51. The first-order chi connectivity index (χ1) is 15.4. The minimum Gasteiger partial charge on any atom is -0.369 e. The molecular formula is C29H47N3O. The third-order valence-electron chi connectivity index (χ3n) is 7.25. The molecule has 0 fully saturated rings. The zero-order valence-electron chi connectivity index (χ0n) is 22.4. The van der Waals surface area contributed by atoms with Gasteiger partial charge in [-0.15, -0.1) is 0 Å². The third-order valence-corrected chi connectivity index (χ3v) is 7.25. The van der Waals surface area contributed by atoms with Crippen LogP contribution in [-0.2, 0) is 10.2 Å². The van der Waals surface area contributed by atoms with Gasteiger partial charge in [0, 0.05) is 36.8 Å². The Morgan fingerprint density at radius 2 is 1.36 bits per heavy atom. The highest BCUT2D eigenvalue weighted by molar-refractivity contribution is 5.95. The number of hydrogen-bond acceptors (Lipinski definition) is 3. The molecule has 0 spiro atoms. The summed E-state index contributed by atoms with van der Waals surface area (Å²) in [6.07, 6.45) is 1.41. The van der Waals surface area contributed by atoms with Gasteiger partial charge < -0.3 is 5.73 Å². The largest absolute Gasteiger partial charge is 0.369 e. The molecule has 33 heavy (non-hydrogen) atoms. The molecule has 0 saturated heterocycles. The number of nitrogens with zero attached hydrogens (tertiary/aromatic N) is 2. The number of fused-ring (bicyclic) bond motifs is 1. The summed E-state index contributed by atoms with van der Waals surface area (Å²) in [4.78, 5) is 18.5. The van der Waals surface area contributed by atoms with E-state index >= 15 is 0 Å². The Labute approximate surface area is 202 Å². The molecule has 4 heteroatoms. The van der Waals surface area contributed by atoms with Crippen molar-refractivity contribution in [3.05, 3.63) is 48.0 Å². The van der Waals surface area contributed by atoms with E-state index < -0.39 is 5.41 Å². The Balaban J connectivity index is 2.65. The van der Waals surface area contributed by atoms with Crippen LogP contribution in [0.2, 0.25) is 0 Å². The van der Waals surface area contributed by atoms with Gasteiger partial charge in [0.25, 0.3) is 0 Å². The van der Waals surface area contributed by atoms with E-state index in [0.29, 0.717) is 37.0 Å². The monoisotopic (exact) mass is 453 g/mol. The number of nitrogens with two attached hydrogens (primary N) is 1. The maximum Gasteiger partial charge on any atom is 0.228 e. The van der Waals surface area contributed by atoms with E-state index in [-0.39, 0.29) is 11.9 Å². The summed E-state index contributed by atoms with van der Waals surface area (Å²) in [7, 11) is 0. The zero-order valence-corrected chi connectivity index (χ0v) is 22.4. The molecule has 0 bridgehead atoms. The van der Waals surface area contributed by atoms with Crippen LogP contribution in [0.3, 0.4) is 0 Å². The van der Waals surface area contributed by atoms with Crippen LogP contribution in [-0.4, -0.2) is 52.5 Å². The average molecular weight is 454 g/mol. The average Bonchev–Trinajstić information content (AvgIpc) is 2.71. The van der Waals surface area contributed by atoms with E-state index in [1.165, 1.54) is 0 Å². The molecule has 0 aliphatic rings. The Morgan fingerprint density at radius 3 is 1.88 bits per heavy atom. The second-order valence-corrected chi connectivity index (χ2v) is 10.8. The van der Waals surface area contributed by atoms with Crippen molar-refractivity contribution >= 4 is 16.7 Å². The van der Waals surface area contributed by atoms with Gasteiger partial charge in [-0.1, -0.05) is 42.5 Å². The first-order valence-corrected chi connectivity index (χ1v) is 12.7. The molecule has 2 rings (SSSR count). The number of carbonyl (C=O) groups excluding carboxylic acids is 1. The summed E-state index contributed by atoms with van der Waals surface area (Å²) in [6.45, 7) is 20.9.